The van der Waals surface area contributed by atoms with Gasteiger partial charge in [0, 0.05) is 11.8 Å². The summed E-state index contributed by atoms with van der Waals surface area (Å²) in [6, 6.07) is 10.2. The van der Waals surface area contributed by atoms with E-state index in [2.05, 4.69) is 10.1 Å². The van der Waals surface area contributed by atoms with Gasteiger partial charge in [-0.1, -0.05) is 18.2 Å². The van der Waals surface area contributed by atoms with Crippen molar-refractivity contribution in [1.82, 2.24) is 14.6 Å². The number of hydrogen-bond acceptors (Lipinski definition) is 2. The molecule has 0 unspecified atom stereocenters. The van der Waals surface area contributed by atoms with Gasteiger partial charge in [-0.05, 0) is 30.7 Å². The number of fused-ring (bicyclic) bond motifs is 1. The van der Waals surface area contributed by atoms with E-state index in [9.17, 15) is 4.39 Å². The summed E-state index contributed by atoms with van der Waals surface area (Å²) in [5.41, 5.74) is 2.55. The number of aryl methyl sites for hydroxylation is 1. The molecule has 3 rings (SSSR count). The molecule has 0 aliphatic heterocycles. The Morgan fingerprint density at radius 3 is 2.88 bits per heavy atom. The highest BCUT2D eigenvalue weighted by molar-refractivity contribution is 5.58. The van der Waals surface area contributed by atoms with E-state index in [0.29, 0.717) is 11.4 Å². The molecular weight excluding hydrogens is 217 g/mol. The maximum absolute atomic E-state index is 13.1. The third-order valence-electron chi connectivity index (χ3n) is 2.56. The second-order valence-electron chi connectivity index (χ2n) is 3.95. The largest absolute Gasteiger partial charge is 0.220 e. The molecule has 3 aromatic rings. The van der Waals surface area contributed by atoms with E-state index < -0.39 is 0 Å². The topological polar surface area (TPSA) is 30.2 Å². The lowest BCUT2D eigenvalue weighted by Crippen LogP contribution is -1.87. The molecule has 17 heavy (non-hydrogen) atoms. The average Bonchev–Trinajstić information content (AvgIpc) is 2.72. The van der Waals surface area contributed by atoms with Crippen LogP contribution >= 0.6 is 0 Å². The quantitative estimate of drug-likeness (QED) is 0.640. The average molecular weight is 227 g/mol. The zero-order valence-electron chi connectivity index (χ0n) is 9.26. The molecule has 0 spiro atoms. The molecule has 0 atom stereocenters. The van der Waals surface area contributed by atoms with E-state index in [1.54, 1.807) is 16.6 Å². The maximum atomic E-state index is 13.1. The number of hydrogen-bond donors (Lipinski definition) is 0. The minimum absolute atomic E-state index is 0.280. The van der Waals surface area contributed by atoms with Crippen molar-refractivity contribution >= 4 is 5.65 Å². The zero-order valence-corrected chi connectivity index (χ0v) is 9.26. The molecule has 1 aromatic carbocycles. The molecule has 0 aliphatic carbocycles. The minimum Gasteiger partial charge on any atom is -0.220 e. The second kappa shape index (κ2) is 3.66. The Labute approximate surface area is 97.5 Å². The van der Waals surface area contributed by atoms with E-state index >= 15 is 0 Å². The predicted molar refractivity (Wildman–Crippen MR) is 63.1 cm³/mol. The fraction of sp³-hybridized carbons (Fsp3) is 0.0769. The molecule has 0 N–H and O–H groups in total. The Bertz CT molecular complexity index is 688. The Hall–Kier alpha value is -2.23. The molecule has 0 amide bonds. The lowest BCUT2D eigenvalue weighted by Gasteiger charge is -1.93. The summed E-state index contributed by atoms with van der Waals surface area (Å²) in [4.78, 5) is 4.35. The van der Waals surface area contributed by atoms with Crippen molar-refractivity contribution in [3.05, 3.63) is 54.0 Å². The lowest BCUT2D eigenvalue weighted by atomic mass is 10.2. The molecular formula is C13H10FN3. The van der Waals surface area contributed by atoms with Crippen LogP contribution < -0.4 is 0 Å². The molecule has 84 valence electrons. The van der Waals surface area contributed by atoms with E-state index in [-0.39, 0.29) is 5.82 Å². The first-order chi connectivity index (χ1) is 8.22. The number of aromatic nitrogens is 3. The van der Waals surface area contributed by atoms with E-state index in [0.717, 1.165) is 11.2 Å². The van der Waals surface area contributed by atoms with Crippen molar-refractivity contribution < 1.29 is 4.39 Å². The van der Waals surface area contributed by atoms with Gasteiger partial charge >= 0.3 is 0 Å². The van der Waals surface area contributed by atoms with Gasteiger partial charge in [0.2, 0.25) is 0 Å². The van der Waals surface area contributed by atoms with Crippen LogP contribution in [0.1, 0.15) is 5.56 Å². The van der Waals surface area contributed by atoms with Crippen LogP contribution in [0.3, 0.4) is 0 Å². The van der Waals surface area contributed by atoms with Gasteiger partial charge in [0.1, 0.15) is 5.82 Å². The minimum atomic E-state index is -0.280. The third-order valence-corrected chi connectivity index (χ3v) is 2.56. The highest BCUT2D eigenvalue weighted by Crippen LogP contribution is 2.17. The molecule has 0 saturated carbocycles. The van der Waals surface area contributed by atoms with Crippen molar-refractivity contribution in [2.24, 2.45) is 0 Å². The van der Waals surface area contributed by atoms with Crippen molar-refractivity contribution in [3.63, 3.8) is 0 Å². The molecule has 2 heterocycles. The molecule has 2 aromatic heterocycles. The summed E-state index contributed by atoms with van der Waals surface area (Å²) in [5.74, 6) is 0.257. The predicted octanol–water partition coefficient (Wildman–Crippen LogP) is 2.84. The van der Waals surface area contributed by atoms with Crippen LogP contribution in [0, 0.1) is 12.7 Å². The third kappa shape index (κ3) is 1.78. The van der Waals surface area contributed by atoms with Crippen LogP contribution in [-0.4, -0.2) is 14.6 Å². The van der Waals surface area contributed by atoms with E-state index in [4.69, 9.17) is 0 Å². The number of pyridine rings is 1. The first-order valence-electron chi connectivity index (χ1n) is 5.31. The van der Waals surface area contributed by atoms with Gasteiger partial charge in [-0.2, -0.15) is 0 Å². The maximum Gasteiger partial charge on any atom is 0.182 e. The summed E-state index contributed by atoms with van der Waals surface area (Å²) >= 11 is 0. The summed E-state index contributed by atoms with van der Waals surface area (Å²) < 4.78 is 14.8. The van der Waals surface area contributed by atoms with E-state index in [1.165, 1.54) is 12.1 Å². The van der Waals surface area contributed by atoms with Crippen LogP contribution in [0.2, 0.25) is 0 Å². The molecule has 3 nitrogen and oxygen atoms in total. The van der Waals surface area contributed by atoms with Crippen molar-refractivity contribution in [2.45, 2.75) is 6.92 Å². The van der Waals surface area contributed by atoms with Crippen molar-refractivity contribution in [2.75, 3.05) is 0 Å². The second-order valence-corrected chi connectivity index (χ2v) is 3.95. The van der Waals surface area contributed by atoms with E-state index in [1.807, 2.05) is 25.3 Å². The van der Waals surface area contributed by atoms with Crippen molar-refractivity contribution in [1.29, 1.82) is 0 Å². The molecule has 0 fully saturated rings. The Kier molecular flexibility index (Phi) is 2.14. The summed E-state index contributed by atoms with van der Waals surface area (Å²) in [7, 11) is 0. The first kappa shape index (κ1) is 9.96. The molecule has 0 bridgehead atoms. The van der Waals surface area contributed by atoms with Gasteiger partial charge < -0.3 is 0 Å². The van der Waals surface area contributed by atoms with Crippen LogP contribution in [0.25, 0.3) is 17.0 Å². The Morgan fingerprint density at radius 2 is 2.06 bits per heavy atom. The standard InChI is InChI=1S/C13H10FN3/c1-9-5-6-12-15-13(16-17(12)8-9)10-3-2-4-11(14)7-10/h2-8H,1H3. The van der Waals surface area contributed by atoms with Gasteiger partial charge in [0.15, 0.2) is 11.5 Å². The lowest BCUT2D eigenvalue weighted by molar-refractivity contribution is 0.628. The fourth-order valence-corrected chi connectivity index (χ4v) is 1.74. The summed E-state index contributed by atoms with van der Waals surface area (Å²) in [6.07, 6.45) is 1.89. The highest BCUT2D eigenvalue weighted by Gasteiger charge is 2.06. The Balaban J connectivity index is 2.18. The molecule has 0 radical (unpaired) electrons. The van der Waals surface area contributed by atoms with Gasteiger partial charge in [0.05, 0.1) is 0 Å². The highest BCUT2D eigenvalue weighted by atomic mass is 19.1. The monoisotopic (exact) mass is 227 g/mol. The number of benzene rings is 1. The van der Waals surface area contributed by atoms with Gasteiger partial charge in [0.25, 0.3) is 0 Å². The van der Waals surface area contributed by atoms with Crippen LogP contribution in [0.4, 0.5) is 4.39 Å². The normalized spacial score (nSPS) is 10.9. The summed E-state index contributed by atoms with van der Waals surface area (Å²) in [6.45, 7) is 1.99. The van der Waals surface area contributed by atoms with Gasteiger partial charge in [-0.25, -0.2) is 13.9 Å². The van der Waals surface area contributed by atoms with Crippen LogP contribution in [0.5, 0.6) is 0 Å². The number of halogens is 1. The molecule has 4 heteroatoms. The summed E-state index contributed by atoms with van der Waals surface area (Å²) in [5, 5.41) is 4.32. The van der Waals surface area contributed by atoms with Crippen LogP contribution in [-0.2, 0) is 0 Å². The van der Waals surface area contributed by atoms with Gasteiger partial charge in [-0.15, -0.1) is 5.10 Å². The molecule has 0 aliphatic rings. The smallest absolute Gasteiger partial charge is 0.182 e. The van der Waals surface area contributed by atoms with Crippen molar-refractivity contribution in [3.8, 4) is 11.4 Å². The zero-order chi connectivity index (χ0) is 11.8. The number of rotatable bonds is 1. The number of nitrogens with zero attached hydrogens (tertiary/aromatic N) is 3. The molecule has 0 saturated heterocycles. The Morgan fingerprint density at radius 1 is 1.18 bits per heavy atom. The SMILES string of the molecule is Cc1ccc2nc(-c3cccc(F)c3)nn2c1. The fourth-order valence-electron chi connectivity index (χ4n) is 1.74. The van der Waals surface area contributed by atoms with Crippen LogP contribution in [0.15, 0.2) is 42.6 Å². The van der Waals surface area contributed by atoms with Gasteiger partial charge in [-0.3, -0.25) is 0 Å². The first-order valence-corrected chi connectivity index (χ1v) is 5.31.